The number of rotatable bonds is 5. The molecule has 0 aliphatic heterocycles. The molecule has 1 amide bonds. The third kappa shape index (κ3) is 3.07. The van der Waals surface area contributed by atoms with Crippen molar-refractivity contribution in [2.24, 2.45) is 5.73 Å². The summed E-state index contributed by atoms with van der Waals surface area (Å²) in [6.07, 6.45) is 1.65. The molecule has 110 valence electrons. The monoisotopic (exact) mass is 287 g/mol. The molecule has 0 aliphatic rings. The van der Waals surface area contributed by atoms with Gasteiger partial charge in [-0.3, -0.25) is 4.79 Å². The molecule has 0 unspecified atom stereocenters. The molecule has 21 heavy (non-hydrogen) atoms. The molecule has 2 rings (SSSR count). The van der Waals surface area contributed by atoms with Gasteiger partial charge in [0.1, 0.15) is 5.82 Å². The molecule has 2 aromatic rings. The number of pyridine rings is 1. The standard InChI is InChI=1S/C14H17N5O2/c1-8(2)10-11(17-9-6-4-5-7-16-9)12(13(15)20)18-19-14(10)21-3/h4-8H,1-3H3,(H2,15,20)(H,16,17,19). The first-order valence-electron chi connectivity index (χ1n) is 6.47. The molecule has 0 spiro atoms. The Kier molecular flexibility index (Phi) is 4.32. The van der Waals surface area contributed by atoms with Gasteiger partial charge in [-0.1, -0.05) is 19.9 Å². The van der Waals surface area contributed by atoms with E-state index >= 15 is 0 Å². The fourth-order valence-corrected chi connectivity index (χ4v) is 1.98. The number of hydrogen-bond acceptors (Lipinski definition) is 6. The topological polar surface area (TPSA) is 103 Å². The lowest BCUT2D eigenvalue weighted by Gasteiger charge is -2.18. The zero-order chi connectivity index (χ0) is 15.4. The van der Waals surface area contributed by atoms with Crippen molar-refractivity contribution in [3.05, 3.63) is 35.7 Å². The molecule has 0 atom stereocenters. The first kappa shape index (κ1) is 14.7. The van der Waals surface area contributed by atoms with Gasteiger partial charge in [-0.2, -0.15) is 0 Å². The van der Waals surface area contributed by atoms with Crippen molar-refractivity contribution in [2.75, 3.05) is 12.4 Å². The van der Waals surface area contributed by atoms with Gasteiger partial charge in [0.05, 0.1) is 12.8 Å². The Morgan fingerprint density at radius 1 is 1.33 bits per heavy atom. The van der Waals surface area contributed by atoms with Gasteiger partial charge < -0.3 is 15.8 Å². The molecule has 0 aromatic carbocycles. The van der Waals surface area contributed by atoms with Crippen LogP contribution in [0.4, 0.5) is 11.5 Å². The van der Waals surface area contributed by atoms with Gasteiger partial charge in [0, 0.05) is 11.8 Å². The van der Waals surface area contributed by atoms with Crippen LogP contribution in [0.2, 0.25) is 0 Å². The van der Waals surface area contributed by atoms with Crippen LogP contribution in [0.5, 0.6) is 5.88 Å². The highest BCUT2D eigenvalue weighted by Gasteiger charge is 2.22. The maximum atomic E-state index is 11.6. The fourth-order valence-electron chi connectivity index (χ4n) is 1.98. The third-order valence-electron chi connectivity index (χ3n) is 2.90. The number of anilines is 2. The first-order chi connectivity index (χ1) is 10.0. The summed E-state index contributed by atoms with van der Waals surface area (Å²) in [7, 11) is 1.50. The van der Waals surface area contributed by atoms with Crippen LogP contribution in [0.3, 0.4) is 0 Å². The number of amides is 1. The SMILES string of the molecule is COc1nnc(C(N)=O)c(Nc2ccccn2)c1C(C)C. The van der Waals surface area contributed by atoms with E-state index in [1.54, 1.807) is 18.3 Å². The molecule has 7 nitrogen and oxygen atoms in total. The Labute approximate surface area is 122 Å². The van der Waals surface area contributed by atoms with E-state index in [1.807, 2.05) is 19.9 Å². The summed E-state index contributed by atoms with van der Waals surface area (Å²) in [4.78, 5) is 15.8. The van der Waals surface area contributed by atoms with E-state index in [-0.39, 0.29) is 11.6 Å². The molecule has 2 aromatic heterocycles. The minimum atomic E-state index is -0.662. The largest absolute Gasteiger partial charge is 0.480 e. The van der Waals surface area contributed by atoms with Crippen molar-refractivity contribution in [1.82, 2.24) is 15.2 Å². The van der Waals surface area contributed by atoms with Crippen LogP contribution in [0.25, 0.3) is 0 Å². The normalized spacial score (nSPS) is 10.5. The van der Waals surface area contributed by atoms with Gasteiger partial charge in [-0.15, -0.1) is 10.2 Å². The average molecular weight is 287 g/mol. The van der Waals surface area contributed by atoms with Gasteiger partial charge in [0.25, 0.3) is 5.91 Å². The van der Waals surface area contributed by atoms with Crippen molar-refractivity contribution in [1.29, 1.82) is 0 Å². The number of carbonyl (C=O) groups excluding carboxylic acids is 1. The van der Waals surface area contributed by atoms with E-state index in [4.69, 9.17) is 10.5 Å². The quantitative estimate of drug-likeness (QED) is 0.869. The average Bonchev–Trinajstić information content (AvgIpc) is 2.47. The van der Waals surface area contributed by atoms with Crippen molar-refractivity contribution in [2.45, 2.75) is 19.8 Å². The summed E-state index contributed by atoms with van der Waals surface area (Å²) in [5.74, 6) is 0.329. The Bertz CT molecular complexity index is 643. The first-order valence-corrected chi connectivity index (χ1v) is 6.47. The highest BCUT2D eigenvalue weighted by Crippen LogP contribution is 2.34. The molecule has 7 heteroatoms. The minimum Gasteiger partial charge on any atom is -0.480 e. The van der Waals surface area contributed by atoms with E-state index in [1.165, 1.54) is 7.11 Å². The summed E-state index contributed by atoms with van der Waals surface area (Å²) < 4.78 is 5.23. The van der Waals surface area contributed by atoms with Crippen molar-refractivity contribution >= 4 is 17.4 Å². The van der Waals surface area contributed by atoms with Crippen LogP contribution < -0.4 is 15.8 Å². The second kappa shape index (κ2) is 6.17. The van der Waals surface area contributed by atoms with Crippen LogP contribution in [-0.2, 0) is 0 Å². The number of methoxy groups -OCH3 is 1. The molecule has 0 aliphatic carbocycles. The predicted octanol–water partition coefficient (Wildman–Crippen LogP) is 1.85. The number of nitrogens with one attached hydrogen (secondary N) is 1. The van der Waals surface area contributed by atoms with E-state index in [9.17, 15) is 4.79 Å². The number of carbonyl (C=O) groups is 1. The minimum absolute atomic E-state index is 0.0553. The van der Waals surface area contributed by atoms with Crippen LogP contribution >= 0.6 is 0 Å². The Morgan fingerprint density at radius 2 is 2.10 bits per heavy atom. The zero-order valence-corrected chi connectivity index (χ0v) is 12.1. The summed E-state index contributed by atoms with van der Waals surface area (Å²) in [6.45, 7) is 3.93. The lowest BCUT2D eigenvalue weighted by atomic mass is 10.0. The highest BCUT2D eigenvalue weighted by molar-refractivity contribution is 5.98. The highest BCUT2D eigenvalue weighted by atomic mass is 16.5. The second-order valence-corrected chi connectivity index (χ2v) is 4.71. The lowest BCUT2D eigenvalue weighted by Crippen LogP contribution is -2.19. The maximum absolute atomic E-state index is 11.6. The zero-order valence-electron chi connectivity index (χ0n) is 12.1. The molecule has 2 heterocycles. The van der Waals surface area contributed by atoms with Gasteiger partial charge in [0.15, 0.2) is 5.69 Å². The summed E-state index contributed by atoms with van der Waals surface area (Å²) in [5.41, 5.74) is 6.65. The lowest BCUT2D eigenvalue weighted by molar-refractivity contribution is 0.0995. The van der Waals surface area contributed by atoms with Gasteiger partial charge in [0.2, 0.25) is 5.88 Å². The Morgan fingerprint density at radius 3 is 2.62 bits per heavy atom. The summed E-state index contributed by atoms with van der Waals surface area (Å²) in [5, 5.41) is 10.8. The number of nitrogens with two attached hydrogens (primary N) is 1. The number of ether oxygens (including phenoxy) is 1. The Hall–Kier alpha value is -2.70. The molecular formula is C14H17N5O2. The molecule has 3 N–H and O–H groups in total. The molecule has 0 radical (unpaired) electrons. The smallest absolute Gasteiger partial charge is 0.271 e. The number of nitrogens with zero attached hydrogens (tertiary/aromatic N) is 3. The van der Waals surface area contributed by atoms with E-state index < -0.39 is 5.91 Å². The van der Waals surface area contributed by atoms with Crippen LogP contribution in [0, 0.1) is 0 Å². The van der Waals surface area contributed by atoms with Crippen LogP contribution in [-0.4, -0.2) is 28.2 Å². The number of primary amides is 1. The van der Waals surface area contributed by atoms with E-state index in [0.29, 0.717) is 17.4 Å². The molecule has 0 fully saturated rings. The van der Waals surface area contributed by atoms with E-state index in [0.717, 1.165) is 5.56 Å². The number of aromatic nitrogens is 3. The summed E-state index contributed by atoms with van der Waals surface area (Å²) >= 11 is 0. The van der Waals surface area contributed by atoms with Crippen LogP contribution in [0.1, 0.15) is 35.8 Å². The number of hydrogen-bond donors (Lipinski definition) is 2. The summed E-state index contributed by atoms with van der Waals surface area (Å²) in [6, 6.07) is 5.41. The van der Waals surface area contributed by atoms with Gasteiger partial charge in [-0.25, -0.2) is 4.98 Å². The molecule has 0 saturated carbocycles. The van der Waals surface area contributed by atoms with Crippen LogP contribution in [0.15, 0.2) is 24.4 Å². The third-order valence-corrected chi connectivity index (χ3v) is 2.90. The fraction of sp³-hybridized carbons (Fsp3) is 0.286. The molecular weight excluding hydrogens is 270 g/mol. The second-order valence-electron chi connectivity index (χ2n) is 4.71. The van der Waals surface area contributed by atoms with Gasteiger partial charge in [-0.05, 0) is 18.1 Å². The van der Waals surface area contributed by atoms with Gasteiger partial charge >= 0.3 is 0 Å². The van der Waals surface area contributed by atoms with E-state index in [2.05, 4.69) is 20.5 Å². The maximum Gasteiger partial charge on any atom is 0.271 e. The van der Waals surface area contributed by atoms with Crippen molar-refractivity contribution < 1.29 is 9.53 Å². The Balaban J connectivity index is 2.61. The predicted molar refractivity (Wildman–Crippen MR) is 78.7 cm³/mol. The van der Waals surface area contributed by atoms with Crippen molar-refractivity contribution in [3.63, 3.8) is 0 Å². The molecule has 0 bridgehead atoms. The molecule has 0 saturated heterocycles. The van der Waals surface area contributed by atoms with Crippen molar-refractivity contribution in [3.8, 4) is 5.88 Å².